The van der Waals surface area contributed by atoms with Crippen LogP contribution in [0.25, 0.3) is 22.4 Å². The average Bonchev–Trinajstić information content (AvgIpc) is 3.43. The first-order valence-electron chi connectivity index (χ1n) is 11.1. The van der Waals surface area contributed by atoms with E-state index in [-0.39, 0.29) is 5.91 Å². The first-order valence-corrected chi connectivity index (χ1v) is 11.1. The van der Waals surface area contributed by atoms with Crippen LogP contribution >= 0.6 is 0 Å². The molecule has 2 aromatic carbocycles. The standard InChI is InChI=1S/C26H23N3O3/c30-24(16-8-9-16)20-14-17-4-1-2-7-22(17)28-23(20)10-12-29-15-21-18(25-27-11-13-32-25)5-3-6-19(21)26(29)31/h1-7,11,13-14,16,24,30H,8-10,12,15H2. The summed E-state index contributed by atoms with van der Waals surface area (Å²) in [6, 6.07) is 15.7. The first-order chi connectivity index (χ1) is 15.7. The smallest absolute Gasteiger partial charge is 0.254 e. The second-order valence-electron chi connectivity index (χ2n) is 8.64. The molecular formula is C26H23N3O3. The highest BCUT2D eigenvalue weighted by atomic mass is 16.3. The number of amides is 1. The fourth-order valence-electron chi connectivity index (χ4n) is 4.66. The quantitative estimate of drug-likeness (QED) is 0.491. The van der Waals surface area contributed by atoms with Crippen molar-refractivity contribution in [3.63, 3.8) is 0 Å². The van der Waals surface area contributed by atoms with E-state index in [0.29, 0.717) is 36.9 Å². The van der Waals surface area contributed by atoms with Crippen molar-refractivity contribution in [2.75, 3.05) is 6.54 Å². The van der Waals surface area contributed by atoms with Crippen LogP contribution in [-0.4, -0.2) is 32.4 Å². The molecule has 0 spiro atoms. The molecule has 4 aromatic rings. The zero-order valence-corrected chi connectivity index (χ0v) is 17.6. The second-order valence-corrected chi connectivity index (χ2v) is 8.64. The van der Waals surface area contributed by atoms with Gasteiger partial charge >= 0.3 is 0 Å². The van der Waals surface area contributed by atoms with Gasteiger partial charge in [-0.2, -0.15) is 0 Å². The van der Waals surface area contributed by atoms with Gasteiger partial charge in [0.2, 0.25) is 5.89 Å². The fraction of sp³-hybridized carbons (Fsp3) is 0.269. The Balaban J connectivity index is 1.28. The molecule has 1 unspecified atom stereocenters. The molecule has 1 N–H and O–H groups in total. The number of pyridine rings is 1. The highest BCUT2D eigenvalue weighted by Gasteiger charge is 2.34. The predicted octanol–water partition coefficient (Wildman–Crippen LogP) is 4.53. The van der Waals surface area contributed by atoms with Crippen molar-refractivity contribution >= 4 is 16.8 Å². The Kier molecular flexibility index (Phi) is 4.54. The van der Waals surface area contributed by atoms with E-state index in [4.69, 9.17) is 9.40 Å². The minimum absolute atomic E-state index is 0.0125. The van der Waals surface area contributed by atoms with Crippen LogP contribution in [0.5, 0.6) is 0 Å². The number of fused-ring (bicyclic) bond motifs is 2. The van der Waals surface area contributed by atoms with Crippen molar-refractivity contribution in [2.24, 2.45) is 5.92 Å². The van der Waals surface area contributed by atoms with Crippen LogP contribution in [0.4, 0.5) is 0 Å². The van der Waals surface area contributed by atoms with Gasteiger partial charge in [0, 0.05) is 47.3 Å². The summed E-state index contributed by atoms with van der Waals surface area (Å²) in [6.45, 7) is 1.05. The first kappa shape index (κ1) is 19.2. The maximum absolute atomic E-state index is 13.1. The van der Waals surface area contributed by atoms with Crippen LogP contribution in [0.1, 0.15) is 46.1 Å². The molecule has 1 saturated carbocycles. The van der Waals surface area contributed by atoms with Crippen LogP contribution in [0.15, 0.2) is 65.4 Å². The molecule has 1 amide bonds. The number of para-hydroxylation sites is 1. The van der Waals surface area contributed by atoms with Crippen LogP contribution in [0, 0.1) is 5.92 Å². The van der Waals surface area contributed by atoms with E-state index in [9.17, 15) is 9.90 Å². The van der Waals surface area contributed by atoms with Crippen LogP contribution < -0.4 is 0 Å². The molecule has 2 aromatic heterocycles. The van der Waals surface area contributed by atoms with Crippen LogP contribution in [-0.2, 0) is 13.0 Å². The molecule has 160 valence electrons. The number of oxazole rings is 1. The van der Waals surface area contributed by atoms with Gasteiger partial charge in [0.1, 0.15) is 6.26 Å². The number of aromatic nitrogens is 2. The molecule has 2 aliphatic rings. The van der Waals surface area contributed by atoms with Gasteiger partial charge in [-0.3, -0.25) is 9.78 Å². The van der Waals surface area contributed by atoms with Crippen LogP contribution in [0.2, 0.25) is 0 Å². The molecule has 1 aliphatic heterocycles. The highest BCUT2D eigenvalue weighted by Crippen LogP contribution is 2.42. The third-order valence-electron chi connectivity index (χ3n) is 6.55. The van der Waals surface area contributed by atoms with E-state index in [2.05, 4.69) is 11.1 Å². The second kappa shape index (κ2) is 7.57. The summed E-state index contributed by atoms with van der Waals surface area (Å²) in [5, 5.41) is 11.9. The van der Waals surface area contributed by atoms with Gasteiger partial charge in [0.25, 0.3) is 5.91 Å². The Morgan fingerprint density at radius 2 is 1.97 bits per heavy atom. The summed E-state index contributed by atoms with van der Waals surface area (Å²) in [4.78, 5) is 24.1. The molecule has 1 aliphatic carbocycles. The summed E-state index contributed by atoms with van der Waals surface area (Å²) in [5.41, 5.74) is 5.19. The summed E-state index contributed by atoms with van der Waals surface area (Å²) in [7, 11) is 0. The fourth-order valence-corrected chi connectivity index (χ4v) is 4.66. The number of nitrogens with zero attached hydrogens (tertiary/aromatic N) is 3. The van der Waals surface area contributed by atoms with Gasteiger partial charge in [-0.1, -0.05) is 24.3 Å². The number of aliphatic hydroxyl groups excluding tert-OH is 1. The van der Waals surface area contributed by atoms with E-state index < -0.39 is 6.10 Å². The molecule has 0 radical (unpaired) electrons. The summed E-state index contributed by atoms with van der Waals surface area (Å²) in [6.07, 6.45) is 5.36. The third-order valence-corrected chi connectivity index (χ3v) is 6.55. The van der Waals surface area contributed by atoms with Gasteiger partial charge < -0.3 is 14.4 Å². The summed E-state index contributed by atoms with van der Waals surface area (Å²) < 4.78 is 5.48. The minimum atomic E-state index is -0.495. The maximum atomic E-state index is 13.1. The molecule has 0 bridgehead atoms. The summed E-state index contributed by atoms with van der Waals surface area (Å²) in [5.74, 6) is 0.860. The largest absolute Gasteiger partial charge is 0.445 e. The SMILES string of the molecule is O=C1c2cccc(-c3ncco3)c2CN1CCc1nc2ccccc2cc1C(O)C1CC1. The number of hydrogen-bond acceptors (Lipinski definition) is 5. The van der Waals surface area contributed by atoms with E-state index in [1.165, 1.54) is 0 Å². The lowest BCUT2D eigenvalue weighted by molar-refractivity contribution is 0.0779. The van der Waals surface area contributed by atoms with Gasteiger partial charge in [-0.05, 0) is 48.6 Å². The number of carbonyl (C=O) groups excluding carboxylic acids is 1. The molecule has 6 nitrogen and oxygen atoms in total. The zero-order chi connectivity index (χ0) is 21.7. The van der Waals surface area contributed by atoms with Crippen molar-refractivity contribution < 1.29 is 14.3 Å². The van der Waals surface area contributed by atoms with Crippen molar-refractivity contribution in [2.45, 2.75) is 31.9 Å². The number of aliphatic hydroxyl groups is 1. The molecule has 1 atom stereocenters. The number of benzene rings is 2. The van der Waals surface area contributed by atoms with Crippen molar-refractivity contribution in [1.82, 2.24) is 14.9 Å². The lowest BCUT2D eigenvalue weighted by Gasteiger charge is -2.19. The van der Waals surface area contributed by atoms with Gasteiger partial charge in [-0.15, -0.1) is 0 Å². The van der Waals surface area contributed by atoms with Crippen molar-refractivity contribution in [3.05, 3.63) is 83.4 Å². The number of carbonyl (C=O) groups is 1. The molecule has 6 heteroatoms. The normalized spacial score (nSPS) is 16.5. The topological polar surface area (TPSA) is 79.5 Å². The van der Waals surface area contributed by atoms with Gasteiger partial charge in [0.15, 0.2) is 0 Å². The minimum Gasteiger partial charge on any atom is -0.445 e. The lowest BCUT2D eigenvalue weighted by atomic mass is 9.99. The maximum Gasteiger partial charge on any atom is 0.254 e. The molecule has 1 fully saturated rings. The van der Waals surface area contributed by atoms with Crippen molar-refractivity contribution in [1.29, 1.82) is 0 Å². The average molecular weight is 425 g/mol. The Morgan fingerprint density at radius 1 is 1.12 bits per heavy atom. The summed E-state index contributed by atoms with van der Waals surface area (Å²) >= 11 is 0. The van der Waals surface area contributed by atoms with E-state index in [1.54, 1.807) is 12.5 Å². The third kappa shape index (κ3) is 3.28. The number of rotatable bonds is 6. The lowest BCUT2D eigenvalue weighted by Crippen LogP contribution is -2.27. The molecule has 3 heterocycles. The van der Waals surface area contributed by atoms with Gasteiger partial charge in [-0.25, -0.2) is 4.98 Å². The Hall–Kier alpha value is -3.51. The zero-order valence-electron chi connectivity index (χ0n) is 17.6. The molecule has 6 rings (SSSR count). The Labute approximate surface area is 185 Å². The predicted molar refractivity (Wildman–Crippen MR) is 120 cm³/mol. The Morgan fingerprint density at radius 3 is 2.78 bits per heavy atom. The number of hydrogen-bond donors (Lipinski definition) is 1. The highest BCUT2D eigenvalue weighted by molar-refractivity contribution is 6.00. The molecule has 0 saturated heterocycles. The molecule has 32 heavy (non-hydrogen) atoms. The van der Waals surface area contributed by atoms with Crippen LogP contribution in [0.3, 0.4) is 0 Å². The van der Waals surface area contributed by atoms with E-state index >= 15 is 0 Å². The van der Waals surface area contributed by atoms with Gasteiger partial charge in [0.05, 0.1) is 17.8 Å². The molecular weight excluding hydrogens is 402 g/mol. The van der Waals surface area contributed by atoms with E-state index in [1.807, 2.05) is 47.4 Å². The Bertz CT molecular complexity index is 1310. The monoisotopic (exact) mass is 425 g/mol. The van der Waals surface area contributed by atoms with E-state index in [0.717, 1.165) is 46.1 Å². The van der Waals surface area contributed by atoms with Crippen molar-refractivity contribution in [3.8, 4) is 11.5 Å².